The van der Waals surface area contributed by atoms with E-state index in [0.29, 0.717) is 0 Å². The lowest BCUT2D eigenvalue weighted by atomic mass is 10.2. The van der Waals surface area contributed by atoms with Crippen LogP contribution in [0.3, 0.4) is 0 Å². The van der Waals surface area contributed by atoms with Crippen molar-refractivity contribution >= 4 is 0 Å². The summed E-state index contributed by atoms with van der Waals surface area (Å²) in [6.07, 6.45) is 3.16. The molecule has 0 aliphatic carbocycles. The van der Waals surface area contributed by atoms with Crippen LogP contribution in [0.25, 0.3) is 0 Å². The maximum Gasteiger partial charge on any atom is 0.0551 e. The smallest absolute Gasteiger partial charge is 0.0551 e. The molecule has 1 aromatic heterocycles. The van der Waals surface area contributed by atoms with Gasteiger partial charge in [-0.1, -0.05) is 13.8 Å². The van der Waals surface area contributed by atoms with Crippen molar-refractivity contribution in [3.8, 4) is 0 Å². The highest BCUT2D eigenvalue weighted by Crippen LogP contribution is 2.06. The fourth-order valence-corrected chi connectivity index (χ4v) is 2.18. The second kappa shape index (κ2) is 8.27. The highest BCUT2D eigenvalue weighted by Gasteiger charge is 2.05. The summed E-state index contributed by atoms with van der Waals surface area (Å²) in [5.74, 6) is 0. The summed E-state index contributed by atoms with van der Waals surface area (Å²) in [4.78, 5) is 2.46. The van der Waals surface area contributed by atoms with Gasteiger partial charge in [0.05, 0.1) is 11.9 Å². The normalized spacial score (nSPS) is 11.4. The second-order valence-corrected chi connectivity index (χ2v) is 4.65. The molecular weight excluding hydrogens is 224 g/mol. The lowest BCUT2D eigenvalue weighted by Gasteiger charge is -2.17. The molecule has 4 heteroatoms. The van der Waals surface area contributed by atoms with Crippen LogP contribution in [0.1, 0.15) is 38.4 Å². The van der Waals surface area contributed by atoms with Gasteiger partial charge in [0.25, 0.3) is 0 Å². The van der Waals surface area contributed by atoms with Crippen molar-refractivity contribution in [1.82, 2.24) is 20.0 Å². The first kappa shape index (κ1) is 15.2. The van der Waals surface area contributed by atoms with Crippen molar-refractivity contribution in [3.05, 3.63) is 17.5 Å². The third-order valence-corrected chi connectivity index (χ3v) is 3.47. The molecule has 18 heavy (non-hydrogen) atoms. The molecule has 104 valence electrons. The largest absolute Gasteiger partial charge is 0.311 e. The van der Waals surface area contributed by atoms with Crippen molar-refractivity contribution in [1.29, 1.82) is 0 Å². The summed E-state index contributed by atoms with van der Waals surface area (Å²) in [6.45, 7) is 15.2. The molecule has 0 amide bonds. The van der Waals surface area contributed by atoms with Gasteiger partial charge in [-0.05, 0) is 52.0 Å². The molecule has 0 spiro atoms. The van der Waals surface area contributed by atoms with Crippen LogP contribution in [0.15, 0.2) is 6.20 Å². The monoisotopic (exact) mass is 252 g/mol. The molecule has 1 rings (SSSR count). The van der Waals surface area contributed by atoms with Crippen molar-refractivity contribution in [3.63, 3.8) is 0 Å². The van der Waals surface area contributed by atoms with E-state index in [1.165, 1.54) is 24.2 Å². The van der Waals surface area contributed by atoms with Crippen molar-refractivity contribution in [2.75, 3.05) is 26.2 Å². The lowest BCUT2D eigenvalue weighted by Crippen LogP contribution is -2.27. The molecule has 0 saturated carbocycles. The molecule has 0 bridgehead atoms. The molecule has 0 atom stereocenters. The fourth-order valence-electron chi connectivity index (χ4n) is 2.18. The minimum absolute atomic E-state index is 0.928. The van der Waals surface area contributed by atoms with Gasteiger partial charge < -0.3 is 10.2 Å². The highest BCUT2D eigenvalue weighted by molar-refractivity contribution is 5.15. The van der Waals surface area contributed by atoms with E-state index in [1.54, 1.807) is 0 Å². The number of aryl methyl sites for hydroxylation is 2. The van der Waals surface area contributed by atoms with E-state index in [0.717, 1.165) is 32.7 Å². The maximum atomic E-state index is 4.36. The van der Waals surface area contributed by atoms with Gasteiger partial charge in [-0.25, -0.2) is 0 Å². The Morgan fingerprint density at radius 1 is 1.28 bits per heavy atom. The molecule has 0 aliphatic heterocycles. The van der Waals surface area contributed by atoms with Crippen LogP contribution >= 0.6 is 0 Å². The average Bonchev–Trinajstić information content (AvgIpc) is 2.75. The van der Waals surface area contributed by atoms with Gasteiger partial charge in [0, 0.05) is 13.1 Å². The molecule has 0 fully saturated rings. The van der Waals surface area contributed by atoms with E-state index in [4.69, 9.17) is 0 Å². The van der Waals surface area contributed by atoms with Gasteiger partial charge in [0.1, 0.15) is 0 Å². The molecule has 0 saturated heterocycles. The molecule has 1 N–H and O–H groups in total. The lowest BCUT2D eigenvalue weighted by molar-refractivity contribution is 0.297. The van der Waals surface area contributed by atoms with E-state index in [9.17, 15) is 0 Å². The third-order valence-electron chi connectivity index (χ3n) is 3.47. The Kier molecular flexibility index (Phi) is 6.98. The van der Waals surface area contributed by atoms with E-state index in [-0.39, 0.29) is 0 Å². The minimum atomic E-state index is 0.928. The van der Waals surface area contributed by atoms with Crippen LogP contribution in [-0.4, -0.2) is 40.9 Å². The predicted octanol–water partition coefficient (Wildman–Crippen LogP) is 2.03. The number of nitrogens with zero attached hydrogens (tertiary/aromatic N) is 3. The molecular formula is C14H28N4. The predicted molar refractivity (Wildman–Crippen MR) is 76.7 cm³/mol. The van der Waals surface area contributed by atoms with Crippen LogP contribution in [0, 0.1) is 6.92 Å². The van der Waals surface area contributed by atoms with Gasteiger partial charge in [-0.15, -0.1) is 0 Å². The summed E-state index contributed by atoms with van der Waals surface area (Å²) < 4.78 is 2.08. The topological polar surface area (TPSA) is 33.1 Å². The molecule has 4 nitrogen and oxygen atoms in total. The third kappa shape index (κ3) is 4.42. The zero-order valence-electron chi connectivity index (χ0n) is 12.4. The van der Waals surface area contributed by atoms with Gasteiger partial charge in [-0.2, -0.15) is 5.10 Å². The maximum absolute atomic E-state index is 4.36. The van der Waals surface area contributed by atoms with Crippen LogP contribution in [0.4, 0.5) is 0 Å². The van der Waals surface area contributed by atoms with Crippen LogP contribution in [0.5, 0.6) is 0 Å². The average molecular weight is 252 g/mol. The summed E-state index contributed by atoms with van der Waals surface area (Å²) in [7, 11) is 0. The zero-order chi connectivity index (χ0) is 13.4. The second-order valence-electron chi connectivity index (χ2n) is 4.65. The number of hydrogen-bond donors (Lipinski definition) is 1. The summed E-state index contributed by atoms with van der Waals surface area (Å²) in [5, 5.41) is 7.88. The van der Waals surface area contributed by atoms with Crippen LogP contribution in [-0.2, 0) is 13.1 Å². The standard InChI is InChI=1S/C14H28N4/c1-5-17(6-2)10-8-9-15-12-14-13(4)11-16-18(14)7-3/h11,15H,5-10,12H2,1-4H3. The van der Waals surface area contributed by atoms with E-state index in [1.807, 2.05) is 6.20 Å². The van der Waals surface area contributed by atoms with Crippen LogP contribution in [0.2, 0.25) is 0 Å². The van der Waals surface area contributed by atoms with Crippen molar-refractivity contribution in [2.45, 2.75) is 47.2 Å². The van der Waals surface area contributed by atoms with Crippen molar-refractivity contribution < 1.29 is 0 Å². The zero-order valence-corrected chi connectivity index (χ0v) is 12.4. The highest BCUT2D eigenvalue weighted by atomic mass is 15.3. The molecule has 1 heterocycles. The molecule has 0 aliphatic rings. The molecule has 1 aromatic rings. The van der Waals surface area contributed by atoms with Crippen molar-refractivity contribution in [2.24, 2.45) is 0 Å². The number of rotatable bonds is 9. The molecule has 0 unspecified atom stereocenters. The quantitative estimate of drug-likeness (QED) is 0.683. The Labute approximate surface area is 111 Å². The molecule has 0 radical (unpaired) electrons. The van der Waals surface area contributed by atoms with E-state index >= 15 is 0 Å². The molecule has 0 aromatic carbocycles. The fraction of sp³-hybridized carbons (Fsp3) is 0.786. The first-order valence-corrected chi connectivity index (χ1v) is 7.17. The van der Waals surface area contributed by atoms with E-state index < -0.39 is 0 Å². The summed E-state index contributed by atoms with van der Waals surface area (Å²) in [5.41, 5.74) is 2.61. The van der Waals surface area contributed by atoms with Gasteiger partial charge in [0.2, 0.25) is 0 Å². The Hall–Kier alpha value is -0.870. The first-order valence-electron chi connectivity index (χ1n) is 7.17. The van der Waals surface area contributed by atoms with Gasteiger partial charge in [-0.3, -0.25) is 4.68 Å². The number of hydrogen-bond acceptors (Lipinski definition) is 3. The summed E-state index contributed by atoms with van der Waals surface area (Å²) >= 11 is 0. The Bertz CT molecular complexity index is 329. The van der Waals surface area contributed by atoms with Crippen LogP contribution < -0.4 is 5.32 Å². The van der Waals surface area contributed by atoms with Gasteiger partial charge in [0.15, 0.2) is 0 Å². The van der Waals surface area contributed by atoms with E-state index in [2.05, 4.69) is 47.7 Å². The Morgan fingerprint density at radius 3 is 2.61 bits per heavy atom. The Balaban J connectivity index is 2.23. The Morgan fingerprint density at radius 2 is 2.00 bits per heavy atom. The number of nitrogens with one attached hydrogen (secondary N) is 1. The minimum Gasteiger partial charge on any atom is -0.311 e. The summed E-state index contributed by atoms with van der Waals surface area (Å²) in [6, 6.07) is 0. The first-order chi connectivity index (χ1) is 8.72. The SMILES string of the molecule is CCN(CC)CCCNCc1c(C)cnn1CC. The van der Waals surface area contributed by atoms with Gasteiger partial charge >= 0.3 is 0 Å². The number of aromatic nitrogens is 2.